The number of imidazole rings is 1. The molecule has 20 heavy (non-hydrogen) atoms. The fourth-order valence-electron chi connectivity index (χ4n) is 2.55. The van der Waals surface area contributed by atoms with Crippen LogP contribution in [0.4, 0.5) is 0 Å². The maximum atomic E-state index is 12.2. The number of carbonyl (C=O) groups is 1. The largest absolute Gasteiger partial charge is 0.395 e. The number of nitrogens with zero attached hydrogens (tertiary/aromatic N) is 3. The summed E-state index contributed by atoms with van der Waals surface area (Å²) in [4.78, 5) is 18.4. The molecule has 0 spiro atoms. The van der Waals surface area contributed by atoms with Gasteiger partial charge in [0.1, 0.15) is 0 Å². The van der Waals surface area contributed by atoms with Crippen LogP contribution in [-0.2, 0) is 11.3 Å². The maximum Gasteiger partial charge on any atom is 0.224 e. The van der Waals surface area contributed by atoms with Crippen molar-refractivity contribution in [1.29, 1.82) is 0 Å². The van der Waals surface area contributed by atoms with Crippen LogP contribution in [-0.4, -0.2) is 44.7 Å². The lowest BCUT2D eigenvalue weighted by atomic mass is 10.3. The zero-order valence-corrected chi connectivity index (χ0v) is 11.4. The Morgan fingerprint density at radius 1 is 1.40 bits per heavy atom. The summed E-state index contributed by atoms with van der Waals surface area (Å²) in [6, 6.07) is 8.27. The Morgan fingerprint density at radius 2 is 2.20 bits per heavy atom. The molecule has 0 saturated heterocycles. The van der Waals surface area contributed by atoms with E-state index in [1.54, 1.807) is 6.33 Å². The first-order valence-corrected chi connectivity index (χ1v) is 7.10. The standard InChI is InChI=1S/C15H19N3O2/c19-10-9-18(12-5-6-12)15(20)7-8-17-11-16-13-3-1-2-4-14(13)17/h1-4,11-12,19H,5-10H2. The van der Waals surface area contributed by atoms with Gasteiger partial charge < -0.3 is 14.6 Å². The predicted molar refractivity (Wildman–Crippen MR) is 76.2 cm³/mol. The minimum Gasteiger partial charge on any atom is -0.395 e. The highest BCUT2D eigenvalue weighted by Gasteiger charge is 2.31. The average Bonchev–Trinajstić information content (AvgIpc) is 3.22. The minimum atomic E-state index is 0.0379. The van der Waals surface area contributed by atoms with E-state index in [0.717, 1.165) is 23.9 Å². The highest BCUT2D eigenvalue weighted by atomic mass is 16.3. The molecule has 1 aliphatic rings. The molecule has 1 amide bonds. The summed E-state index contributed by atoms with van der Waals surface area (Å²) in [7, 11) is 0. The monoisotopic (exact) mass is 273 g/mol. The third-order valence-electron chi connectivity index (χ3n) is 3.74. The Kier molecular flexibility index (Phi) is 3.69. The number of aliphatic hydroxyl groups is 1. The molecule has 0 atom stereocenters. The van der Waals surface area contributed by atoms with Crippen molar-refractivity contribution in [3.8, 4) is 0 Å². The van der Waals surface area contributed by atoms with Gasteiger partial charge in [-0.15, -0.1) is 0 Å². The number of rotatable bonds is 6. The lowest BCUT2D eigenvalue weighted by Gasteiger charge is -2.21. The van der Waals surface area contributed by atoms with Crippen LogP contribution in [0.15, 0.2) is 30.6 Å². The molecule has 1 heterocycles. The molecule has 1 saturated carbocycles. The van der Waals surface area contributed by atoms with E-state index in [0.29, 0.717) is 25.6 Å². The van der Waals surface area contributed by atoms with Crippen molar-refractivity contribution in [3.63, 3.8) is 0 Å². The van der Waals surface area contributed by atoms with Gasteiger partial charge >= 0.3 is 0 Å². The molecule has 1 fully saturated rings. The van der Waals surface area contributed by atoms with Crippen molar-refractivity contribution in [2.45, 2.75) is 31.8 Å². The normalized spacial score (nSPS) is 14.7. The minimum absolute atomic E-state index is 0.0379. The first-order chi connectivity index (χ1) is 9.79. The Labute approximate surface area is 117 Å². The zero-order valence-electron chi connectivity index (χ0n) is 11.4. The van der Waals surface area contributed by atoms with Crippen LogP contribution in [0.2, 0.25) is 0 Å². The molecule has 3 rings (SSSR count). The van der Waals surface area contributed by atoms with Crippen LogP contribution in [0.1, 0.15) is 19.3 Å². The lowest BCUT2D eigenvalue weighted by molar-refractivity contribution is -0.132. The number of benzene rings is 1. The second-order valence-electron chi connectivity index (χ2n) is 5.22. The summed E-state index contributed by atoms with van der Waals surface area (Å²) in [6.07, 6.45) is 4.38. The van der Waals surface area contributed by atoms with E-state index in [2.05, 4.69) is 4.98 Å². The molecule has 0 unspecified atom stereocenters. The lowest BCUT2D eigenvalue weighted by Crippen LogP contribution is -2.35. The molecule has 5 heteroatoms. The Morgan fingerprint density at radius 3 is 2.95 bits per heavy atom. The summed E-state index contributed by atoms with van der Waals surface area (Å²) in [5.74, 6) is 0.124. The van der Waals surface area contributed by atoms with Crippen LogP contribution in [0, 0.1) is 0 Å². The molecule has 0 aliphatic heterocycles. The SMILES string of the molecule is O=C(CCn1cnc2ccccc21)N(CCO)C1CC1. The molecule has 1 N–H and O–H groups in total. The number of hydrogen-bond acceptors (Lipinski definition) is 3. The van der Waals surface area contributed by atoms with Gasteiger partial charge in [0.05, 0.1) is 24.0 Å². The molecule has 106 valence electrons. The van der Waals surface area contributed by atoms with Gasteiger partial charge in [-0.05, 0) is 25.0 Å². The summed E-state index contributed by atoms with van der Waals surface area (Å²) in [5.41, 5.74) is 2.01. The summed E-state index contributed by atoms with van der Waals surface area (Å²) < 4.78 is 2.01. The third kappa shape index (κ3) is 2.67. The van der Waals surface area contributed by atoms with Gasteiger partial charge in [0.2, 0.25) is 5.91 Å². The van der Waals surface area contributed by atoms with Crippen molar-refractivity contribution in [3.05, 3.63) is 30.6 Å². The van der Waals surface area contributed by atoms with Gasteiger partial charge in [0.25, 0.3) is 0 Å². The predicted octanol–water partition coefficient (Wildman–Crippen LogP) is 1.41. The van der Waals surface area contributed by atoms with Crippen molar-refractivity contribution in [2.24, 2.45) is 0 Å². The summed E-state index contributed by atoms with van der Waals surface area (Å²) in [5, 5.41) is 9.05. The smallest absolute Gasteiger partial charge is 0.224 e. The number of fused-ring (bicyclic) bond motifs is 1. The molecule has 2 aromatic rings. The van der Waals surface area contributed by atoms with E-state index >= 15 is 0 Å². The molecule has 1 aromatic carbocycles. The Hall–Kier alpha value is -1.88. The number of para-hydroxylation sites is 2. The van der Waals surface area contributed by atoms with E-state index in [4.69, 9.17) is 5.11 Å². The molecular formula is C15H19N3O2. The van der Waals surface area contributed by atoms with Crippen molar-refractivity contribution < 1.29 is 9.90 Å². The van der Waals surface area contributed by atoms with Crippen LogP contribution >= 0.6 is 0 Å². The third-order valence-corrected chi connectivity index (χ3v) is 3.74. The highest BCUT2D eigenvalue weighted by Crippen LogP contribution is 2.27. The van der Waals surface area contributed by atoms with Gasteiger partial charge in [-0.1, -0.05) is 12.1 Å². The second kappa shape index (κ2) is 5.63. The van der Waals surface area contributed by atoms with Gasteiger partial charge in [-0.25, -0.2) is 4.98 Å². The van der Waals surface area contributed by atoms with E-state index in [-0.39, 0.29) is 12.5 Å². The van der Waals surface area contributed by atoms with Crippen LogP contribution in [0.3, 0.4) is 0 Å². The number of aromatic nitrogens is 2. The van der Waals surface area contributed by atoms with Crippen molar-refractivity contribution in [2.75, 3.05) is 13.2 Å². The van der Waals surface area contributed by atoms with E-state index in [1.807, 2.05) is 33.7 Å². The molecule has 0 radical (unpaired) electrons. The van der Waals surface area contributed by atoms with Crippen molar-refractivity contribution in [1.82, 2.24) is 14.5 Å². The number of carbonyl (C=O) groups excluding carboxylic acids is 1. The highest BCUT2D eigenvalue weighted by molar-refractivity contribution is 5.78. The first kappa shape index (κ1) is 13.1. The number of amides is 1. The molecule has 1 aliphatic carbocycles. The quantitative estimate of drug-likeness (QED) is 0.865. The fourth-order valence-corrected chi connectivity index (χ4v) is 2.55. The summed E-state index contributed by atoms with van der Waals surface area (Å²) >= 11 is 0. The van der Waals surface area contributed by atoms with Crippen LogP contribution < -0.4 is 0 Å². The van der Waals surface area contributed by atoms with Gasteiger partial charge in [0.15, 0.2) is 0 Å². The van der Waals surface area contributed by atoms with E-state index < -0.39 is 0 Å². The van der Waals surface area contributed by atoms with E-state index in [1.165, 1.54) is 0 Å². The molecular weight excluding hydrogens is 254 g/mol. The van der Waals surface area contributed by atoms with Gasteiger partial charge in [-0.2, -0.15) is 0 Å². The van der Waals surface area contributed by atoms with Crippen molar-refractivity contribution >= 4 is 16.9 Å². The van der Waals surface area contributed by atoms with Crippen LogP contribution in [0.5, 0.6) is 0 Å². The molecule has 5 nitrogen and oxygen atoms in total. The molecule has 0 bridgehead atoms. The van der Waals surface area contributed by atoms with Crippen LogP contribution in [0.25, 0.3) is 11.0 Å². The second-order valence-corrected chi connectivity index (χ2v) is 5.22. The molecule has 1 aromatic heterocycles. The summed E-state index contributed by atoms with van der Waals surface area (Å²) in [6.45, 7) is 1.12. The van der Waals surface area contributed by atoms with Gasteiger partial charge in [0, 0.05) is 25.6 Å². The first-order valence-electron chi connectivity index (χ1n) is 7.10. The number of hydrogen-bond donors (Lipinski definition) is 1. The number of aliphatic hydroxyl groups excluding tert-OH is 1. The van der Waals surface area contributed by atoms with Gasteiger partial charge in [-0.3, -0.25) is 4.79 Å². The topological polar surface area (TPSA) is 58.4 Å². The maximum absolute atomic E-state index is 12.2. The zero-order chi connectivity index (χ0) is 13.9. The fraction of sp³-hybridized carbons (Fsp3) is 0.467. The number of aryl methyl sites for hydroxylation is 1. The van der Waals surface area contributed by atoms with E-state index in [9.17, 15) is 4.79 Å². The Balaban J connectivity index is 1.65. The Bertz CT molecular complexity index is 604. The average molecular weight is 273 g/mol.